The van der Waals surface area contributed by atoms with Gasteiger partial charge < -0.3 is 10.1 Å². The molecular weight excluding hydrogens is 254 g/mol. The van der Waals surface area contributed by atoms with E-state index in [0.29, 0.717) is 5.92 Å². The van der Waals surface area contributed by atoms with E-state index in [1.807, 2.05) is 18.2 Å². The first kappa shape index (κ1) is 12.4. The lowest BCUT2D eigenvalue weighted by Gasteiger charge is -2.13. The number of methoxy groups -OCH3 is 1. The standard InChI is InChI=1S/C12H18BrNO/c1-4-9(2)8-14-12-7-10(15-3)5-6-11(12)13/h5-7,9,14H,4,8H2,1-3H3. The molecule has 2 nitrogen and oxygen atoms in total. The zero-order valence-electron chi connectivity index (χ0n) is 9.51. The molecule has 0 fully saturated rings. The van der Waals surface area contributed by atoms with Crippen LogP contribution in [0.2, 0.25) is 0 Å². The second kappa shape index (κ2) is 6.01. The van der Waals surface area contributed by atoms with E-state index in [9.17, 15) is 0 Å². The molecular formula is C12H18BrNO. The summed E-state index contributed by atoms with van der Waals surface area (Å²) in [7, 11) is 1.68. The highest BCUT2D eigenvalue weighted by molar-refractivity contribution is 9.10. The van der Waals surface area contributed by atoms with E-state index in [4.69, 9.17) is 4.74 Å². The summed E-state index contributed by atoms with van der Waals surface area (Å²) in [4.78, 5) is 0. The van der Waals surface area contributed by atoms with Crippen molar-refractivity contribution in [2.45, 2.75) is 20.3 Å². The van der Waals surface area contributed by atoms with Crippen molar-refractivity contribution < 1.29 is 4.74 Å². The summed E-state index contributed by atoms with van der Waals surface area (Å²) in [6.45, 7) is 5.43. The molecule has 1 aromatic carbocycles. The minimum absolute atomic E-state index is 0.683. The summed E-state index contributed by atoms with van der Waals surface area (Å²) < 4.78 is 6.26. The molecule has 0 amide bonds. The van der Waals surface area contributed by atoms with Gasteiger partial charge in [0.15, 0.2) is 0 Å². The Balaban J connectivity index is 2.66. The van der Waals surface area contributed by atoms with Gasteiger partial charge in [-0.15, -0.1) is 0 Å². The molecule has 1 aromatic rings. The molecule has 1 atom stereocenters. The summed E-state index contributed by atoms with van der Waals surface area (Å²) >= 11 is 3.51. The summed E-state index contributed by atoms with van der Waals surface area (Å²) in [6, 6.07) is 5.95. The molecule has 1 N–H and O–H groups in total. The van der Waals surface area contributed by atoms with Crippen LogP contribution in [0.3, 0.4) is 0 Å². The number of rotatable bonds is 5. The van der Waals surface area contributed by atoms with E-state index in [-0.39, 0.29) is 0 Å². The van der Waals surface area contributed by atoms with Crippen LogP contribution in [0.1, 0.15) is 20.3 Å². The van der Waals surface area contributed by atoms with Gasteiger partial charge in [-0.05, 0) is 34.0 Å². The first-order valence-electron chi connectivity index (χ1n) is 5.24. The van der Waals surface area contributed by atoms with Gasteiger partial charge in [-0.2, -0.15) is 0 Å². The fraction of sp³-hybridized carbons (Fsp3) is 0.500. The third-order valence-electron chi connectivity index (χ3n) is 2.51. The van der Waals surface area contributed by atoms with Crippen molar-refractivity contribution in [2.75, 3.05) is 19.0 Å². The summed E-state index contributed by atoms with van der Waals surface area (Å²) in [5.41, 5.74) is 1.09. The molecule has 1 rings (SSSR count). The second-order valence-electron chi connectivity index (χ2n) is 3.74. The molecule has 0 aliphatic carbocycles. The fourth-order valence-electron chi connectivity index (χ4n) is 1.20. The van der Waals surface area contributed by atoms with Crippen molar-refractivity contribution in [3.05, 3.63) is 22.7 Å². The summed E-state index contributed by atoms with van der Waals surface area (Å²) in [6.07, 6.45) is 1.19. The van der Waals surface area contributed by atoms with Gasteiger partial charge in [0.25, 0.3) is 0 Å². The highest BCUT2D eigenvalue weighted by Gasteiger charge is 2.03. The second-order valence-corrected chi connectivity index (χ2v) is 4.59. The number of nitrogens with one attached hydrogen (secondary N) is 1. The monoisotopic (exact) mass is 271 g/mol. The third kappa shape index (κ3) is 3.74. The maximum absolute atomic E-state index is 5.18. The minimum Gasteiger partial charge on any atom is -0.497 e. The van der Waals surface area contributed by atoms with Crippen molar-refractivity contribution >= 4 is 21.6 Å². The first-order chi connectivity index (χ1) is 7.17. The Hall–Kier alpha value is -0.700. The molecule has 0 aliphatic heterocycles. The van der Waals surface area contributed by atoms with E-state index >= 15 is 0 Å². The average molecular weight is 272 g/mol. The predicted molar refractivity (Wildman–Crippen MR) is 68.6 cm³/mol. The Morgan fingerprint density at radius 1 is 1.47 bits per heavy atom. The molecule has 0 heterocycles. The van der Waals surface area contributed by atoms with Crippen molar-refractivity contribution in [1.29, 1.82) is 0 Å². The van der Waals surface area contributed by atoms with Crippen LogP contribution < -0.4 is 10.1 Å². The maximum atomic E-state index is 5.18. The largest absolute Gasteiger partial charge is 0.497 e. The van der Waals surface area contributed by atoms with Crippen molar-refractivity contribution in [2.24, 2.45) is 5.92 Å². The van der Waals surface area contributed by atoms with E-state index < -0.39 is 0 Å². The Morgan fingerprint density at radius 2 is 2.20 bits per heavy atom. The van der Waals surface area contributed by atoms with Gasteiger partial charge in [-0.3, -0.25) is 0 Å². The van der Waals surface area contributed by atoms with Gasteiger partial charge in [0.05, 0.1) is 12.8 Å². The predicted octanol–water partition coefficient (Wildman–Crippen LogP) is 3.92. The number of halogens is 1. The van der Waals surface area contributed by atoms with Gasteiger partial charge in [0.2, 0.25) is 0 Å². The molecule has 0 bridgehead atoms. The topological polar surface area (TPSA) is 21.3 Å². The van der Waals surface area contributed by atoms with E-state index in [1.54, 1.807) is 7.11 Å². The molecule has 0 aliphatic rings. The quantitative estimate of drug-likeness (QED) is 0.877. The highest BCUT2D eigenvalue weighted by Crippen LogP contribution is 2.27. The van der Waals surface area contributed by atoms with Crippen molar-refractivity contribution in [3.8, 4) is 5.75 Å². The van der Waals surface area contributed by atoms with Crippen LogP contribution in [0.25, 0.3) is 0 Å². The number of anilines is 1. The maximum Gasteiger partial charge on any atom is 0.121 e. The normalized spacial score (nSPS) is 12.3. The molecule has 15 heavy (non-hydrogen) atoms. The number of hydrogen-bond donors (Lipinski definition) is 1. The van der Waals surface area contributed by atoms with Crippen LogP contribution in [0.5, 0.6) is 5.75 Å². The van der Waals surface area contributed by atoms with E-state index in [1.165, 1.54) is 6.42 Å². The Morgan fingerprint density at radius 3 is 2.80 bits per heavy atom. The Kier molecular flexibility index (Phi) is 4.95. The minimum atomic E-state index is 0.683. The molecule has 1 unspecified atom stereocenters. The zero-order chi connectivity index (χ0) is 11.3. The average Bonchev–Trinajstić information content (AvgIpc) is 2.27. The molecule has 84 valence electrons. The van der Waals surface area contributed by atoms with Gasteiger partial charge in [0, 0.05) is 17.1 Å². The van der Waals surface area contributed by atoms with Crippen LogP contribution in [-0.2, 0) is 0 Å². The van der Waals surface area contributed by atoms with Crippen LogP contribution in [0.15, 0.2) is 22.7 Å². The summed E-state index contributed by atoms with van der Waals surface area (Å²) in [5.74, 6) is 1.56. The Bertz CT molecular complexity index is 314. The number of hydrogen-bond acceptors (Lipinski definition) is 2. The van der Waals surface area contributed by atoms with E-state index in [2.05, 4.69) is 35.1 Å². The molecule has 3 heteroatoms. The van der Waals surface area contributed by atoms with Gasteiger partial charge in [-0.1, -0.05) is 20.3 Å². The lowest BCUT2D eigenvalue weighted by molar-refractivity contribution is 0.415. The number of benzene rings is 1. The van der Waals surface area contributed by atoms with Crippen LogP contribution in [0.4, 0.5) is 5.69 Å². The fourth-order valence-corrected chi connectivity index (χ4v) is 1.58. The van der Waals surface area contributed by atoms with Gasteiger partial charge in [-0.25, -0.2) is 0 Å². The van der Waals surface area contributed by atoms with Gasteiger partial charge >= 0.3 is 0 Å². The highest BCUT2D eigenvalue weighted by atomic mass is 79.9. The lowest BCUT2D eigenvalue weighted by atomic mass is 10.1. The molecule has 0 saturated carbocycles. The molecule has 0 aromatic heterocycles. The summed E-state index contributed by atoms with van der Waals surface area (Å²) in [5, 5.41) is 3.41. The molecule has 0 saturated heterocycles. The third-order valence-corrected chi connectivity index (χ3v) is 3.20. The van der Waals surface area contributed by atoms with Crippen molar-refractivity contribution in [3.63, 3.8) is 0 Å². The molecule has 0 spiro atoms. The number of ether oxygens (including phenoxy) is 1. The van der Waals surface area contributed by atoms with Crippen LogP contribution >= 0.6 is 15.9 Å². The smallest absolute Gasteiger partial charge is 0.121 e. The molecule has 0 radical (unpaired) electrons. The van der Waals surface area contributed by atoms with Crippen molar-refractivity contribution in [1.82, 2.24) is 0 Å². The van der Waals surface area contributed by atoms with E-state index in [0.717, 1.165) is 22.5 Å². The van der Waals surface area contributed by atoms with Gasteiger partial charge in [0.1, 0.15) is 5.75 Å². The Labute approximate surface area is 100 Å². The van der Waals surface area contributed by atoms with Crippen LogP contribution in [-0.4, -0.2) is 13.7 Å². The first-order valence-corrected chi connectivity index (χ1v) is 6.04. The lowest BCUT2D eigenvalue weighted by Crippen LogP contribution is -2.10. The zero-order valence-corrected chi connectivity index (χ0v) is 11.1. The SMILES string of the molecule is CCC(C)CNc1cc(OC)ccc1Br. The van der Waals surface area contributed by atoms with Crippen LogP contribution in [0, 0.1) is 5.92 Å².